The summed E-state index contributed by atoms with van der Waals surface area (Å²) in [4.78, 5) is 26.9. The van der Waals surface area contributed by atoms with Crippen molar-refractivity contribution in [3.05, 3.63) is 100 Å². The zero-order chi connectivity index (χ0) is 28.4. The van der Waals surface area contributed by atoms with Crippen LogP contribution in [0.25, 0.3) is 21.3 Å². The van der Waals surface area contributed by atoms with E-state index in [0.717, 1.165) is 32.3 Å². The maximum absolute atomic E-state index is 13.9. The Labute approximate surface area is 230 Å². The van der Waals surface area contributed by atoms with Gasteiger partial charge in [0, 0.05) is 27.9 Å². The average molecular weight is 567 g/mol. The zero-order valence-electron chi connectivity index (χ0n) is 21.0. The van der Waals surface area contributed by atoms with Crippen molar-refractivity contribution in [2.75, 3.05) is 11.1 Å². The summed E-state index contributed by atoms with van der Waals surface area (Å²) in [7, 11) is 0. The van der Waals surface area contributed by atoms with Gasteiger partial charge >= 0.3 is 6.18 Å². The fourth-order valence-electron chi connectivity index (χ4n) is 3.99. The summed E-state index contributed by atoms with van der Waals surface area (Å²) in [5.74, 6) is -0.848. The van der Waals surface area contributed by atoms with Crippen molar-refractivity contribution in [1.82, 2.24) is 20.3 Å². The molecule has 3 aromatic heterocycles. The van der Waals surface area contributed by atoms with Gasteiger partial charge in [-0.05, 0) is 60.0 Å². The molecule has 3 heterocycles. The largest absolute Gasteiger partial charge is 0.417 e. The first kappa shape index (κ1) is 27.0. The molecular weight excluding hydrogens is 544 g/mol. The summed E-state index contributed by atoms with van der Waals surface area (Å²) in [5.41, 5.74) is 7.20. The van der Waals surface area contributed by atoms with Crippen molar-refractivity contribution in [2.45, 2.75) is 26.2 Å². The van der Waals surface area contributed by atoms with Crippen LogP contribution in [0.4, 0.5) is 29.2 Å². The number of hydrogen-bond acceptors (Lipinski definition) is 7. The number of aromatic nitrogens is 3. The number of nitrogens with two attached hydrogens (primary N) is 1. The van der Waals surface area contributed by atoms with Crippen molar-refractivity contribution >= 4 is 39.8 Å². The highest BCUT2D eigenvalue weighted by molar-refractivity contribution is 7.15. The SMILES string of the molecule is Cc1ccc(CNC(=O)c2cc(C(F)(F)F)cnc2NCc2ccc(-c3ccc4ncnc(N)c4c3)s2)cc1F. The minimum absolute atomic E-state index is 0.00818. The van der Waals surface area contributed by atoms with E-state index in [2.05, 4.69) is 25.6 Å². The number of amides is 1. The number of nitrogens with one attached hydrogen (secondary N) is 2. The molecule has 0 aliphatic heterocycles. The number of nitrogens with zero attached hydrogens (tertiary/aromatic N) is 3. The van der Waals surface area contributed by atoms with Crippen LogP contribution >= 0.6 is 11.3 Å². The molecule has 0 aliphatic carbocycles. The lowest BCUT2D eigenvalue weighted by atomic mass is 10.1. The number of benzene rings is 2. The van der Waals surface area contributed by atoms with E-state index in [-0.39, 0.29) is 24.5 Å². The van der Waals surface area contributed by atoms with E-state index >= 15 is 0 Å². The van der Waals surface area contributed by atoms with Crippen LogP contribution in [0.15, 0.2) is 67.1 Å². The first-order valence-electron chi connectivity index (χ1n) is 12.0. The monoisotopic (exact) mass is 566 g/mol. The van der Waals surface area contributed by atoms with Crippen molar-refractivity contribution in [2.24, 2.45) is 0 Å². The second-order valence-corrected chi connectivity index (χ2v) is 10.2. The third-order valence-electron chi connectivity index (χ3n) is 6.19. The molecule has 12 heteroatoms. The molecular formula is C28H22F4N6OS. The lowest BCUT2D eigenvalue weighted by Gasteiger charge is -2.14. The molecule has 4 N–H and O–H groups in total. The number of pyridine rings is 1. The van der Waals surface area contributed by atoms with Gasteiger partial charge in [-0.1, -0.05) is 18.2 Å². The summed E-state index contributed by atoms with van der Waals surface area (Å²) < 4.78 is 54.0. The number of alkyl halides is 3. The van der Waals surface area contributed by atoms with Crippen LogP contribution in [0.3, 0.4) is 0 Å². The molecule has 1 amide bonds. The molecule has 0 spiro atoms. The number of thiophene rings is 1. The molecule has 0 bridgehead atoms. The number of anilines is 2. The minimum Gasteiger partial charge on any atom is -0.383 e. The van der Waals surface area contributed by atoms with Crippen LogP contribution in [-0.4, -0.2) is 20.9 Å². The molecule has 0 saturated heterocycles. The molecule has 0 aliphatic rings. The number of aryl methyl sites for hydroxylation is 1. The van der Waals surface area contributed by atoms with E-state index < -0.39 is 23.5 Å². The van der Waals surface area contributed by atoms with E-state index in [1.54, 1.807) is 19.1 Å². The molecule has 0 unspecified atom stereocenters. The number of carbonyl (C=O) groups excluding carboxylic acids is 1. The predicted octanol–water partition coefficient (Wildman–Crippen LogP) is 6.34. The predicted molar refractivity (Wildman–Crippen MR) is 146 cm³/mol. The Morgan fingerprint density at radius 3 is 2.60 bits per heavy atom. The van der Waals surface area contributed by atoms with Gasteiger partial charge in [0.15, 0.2) is 0 Å². The maximum atomic E-state index is 13.9. The number of rotatable bonds is 7. The van der Waals surface area contributed by atoms with Gasteiger partial charge in [-0.25, -0.2) is 19.3 Å². The summed E-state index contributed by atoms with van der Waals surface area (Å²) in [6, 6.07) is 14.7. The Kier molecular flexibility index (Phi) is 7.35. The molecule has 2 aromatic carbocycles. The molecule has 5 aromatic rings. The number of hydrogen-bond donors (Lipinski definition) is 3. The summed E-state index contributed by atoms with van der Waals surface area (Å²) in [6.45, 7) is 1.75. The Morgan fingerprint density at radius 1 is 1.00 bits per heavy atom. The molecule has 0 atom stereocenters. The fourth-order valence-corrected chi connectivity index (χ4v) is 4.93. The van der Waals surface area contributed by atoms with Gasteiger partial charge in [0.2, 0.25) is 0 Å². The first-order valence-corrected chi connectivity index (χ1v) is 12.8. The summed E-state index contributed by atoms with van der Waals surface area (Å²) in [6.07, 6.45) is -2.61. The smallest absolute Gasteiger partial charge is 0.383 e. The highest BCUT2D eigenvalue weighted by atomic mass is 32.1. The van der Waals surface area contributed by atoms with Crippen molar-refractivity contribution < 1.29 is 22.4 Å². The van der Waals surface area contributed by atoms with Crippen molar-refractivity contribution in [1.29, 1.82) is 0 Å². The molecule has 204 valence electrons. The fraction of sp³-hybridized carbons (Fsp3) is 0.143. The zero-order valence-corrected chi connectivity index (χ0v) is 21.8. The van der Waals surface area contributed by atoms with E-state index in [4.69, 9.17) is 5.73 Å². The van der Waals surface area contributed by atoms with Crippen molar-refractivity contribution in [3.8, 4) is 10.4 Å². The number of fused-ring (bicyclic) bond motifs is 1. The second-order valence-electron chi connectivity index (χ2n) is 8.99. The number of carbonyl (C=O) groups is 1. The number of nitrogen functional groups attached to an aromatic ring is 1. The lowest BCUT2D eigenvalue weighted by molar-refractivity contribution is -0.137. The normalized spacial score (nSPS) is 11.5. The van der Waals surface area contributed by atoms with Gasteiger partial charge in [-0.3, -0.25) is 4.79 Å². The van der Waals surface area contributed by atoms with Crippen molar-refractivity contribution in [3.63, 3.8) is 0 Å². The molecule has 0 saturated carbocycles. The van der Waals surface area contributed by atoms with Crippen LogP contribution in [-0.2, 0) is 19.3 Å². The highest BCUT2D eigenvalue weighted by Crippen LogP contribution is 2.33. The molecule has 0 radical (unpaired) electrons. The second kappa shape index (κ2) is 10.9. The van der Waals surface area contributed by atoms with Gasteiger partial charge < -0.3 is 16.4 Å². The third-order valence-corrected chi connectivity index (χ3v) is 7.33. The Morgan fingerprint density at radius 2 is 1.82 bits per heavy atom. The van der Waals surface area contributed by atoms with Gasteiger partial charge in [-0.15, -0.1) is 11.3 Å². The Hall–Kier alpha value is -4.58. The van der Waals surface area contributed by atoms with Gasteiger partial charge in [0.1, 0.15) is 23.8 Å². The first-order chi connectivity index (χ1) is 19.1. The molecule has 40 heavy (non-hydrogen) atoms. The van der Waals surface area contributed by atoms with Crippen LogP contribution < -0.4 is 16.4 Å². The van der Waals surface area contributed by atoms with Crippen LogP contribution in [0, 0.1) is 12.7 Å². The highest BCUT2D eigenvalue weighted by Gasteiger charge is 2.32. The maximum Gasteiger partial charge on any atom is 0.417 e. The molecule has 0 fully saturated rings. The average Bonchev–Trinajstić information content (AvgIpc) is 3.41. The van der Waals surface area contributed by atoms with Gasteiger partial charge in [-0.2, -0.15) is 13.2 Å². The minimum atomic E-state index is -4.68. The molecule has 7 nitrogen and oxygen atoms in total. The summed E-state index contributed by atoms with van der Waals surface area (Å²) >= 11 is 1.46. The van der Waals surface area contributed by atoms with Crippen LogP contribution in [0.5, 0.6) is 0 Å². The Bertz CT molecular complexity index is 1720. The lowest BCUT2D eigenvalue weighted by Crippen LogP contribution is -2.25. The van der Waals surface area contributed by atoms with Gasteiger partial charge in [0.05, 0.1) is 23.2 Å². The van der Waals surface area contributed by atoms with E-state index in [0.29, 0.717) is 23.1 Å². The third kappa shape index (κ3) is 5.86. The standard InChI is InChI=1S/C28H22F4N6OS/c1-15-2-3-16(8-22(15)29)11-36-27(39)21-10-18(28(30,31)32)12-34-26(21)35-13-19-5-7-24(40-19)17-4-6-23-20(9-17)25(33)38-14-37-23/h2-10,12,14H,11,13H2,1H3,(H,34,35)(H,36,39)(H2,33,37,38). The summed E-state index contributed by atoms with van der Waals surface area (Å²) in [5, 5.41) is 6.26. The van der Waals surface area contributed by atoms with E-state index in [1.165, 1.54) is 23.7 Å². The Balaban J connectivity index is 1.34. The molecule has 5 rings (SSSR count). The quantitative estimate of drug-likeness (QED) is 0.199. The topological polar surface area (TPSA) is 106 Å². The number of halogens is 4. The van der Waals surface area contributed by atoms with Crippen LogP contribution in [0.2, 0.25) is 0 Å². The van der Waals surface area contributed by atoms with E-state index in [9.17, 15) is 22.4 Å². The van der Waals surface area contributed by atoms with E-state index in [1.807, 2.05) is 30.3 Å². The van der Waals surface area contributed by atoms with Gasteiger partial charge in [0.25, 0.3) is 5.91 Å². The van der Waals surface area contributed by atoms with Crippen LogP contribution in [0.1, 0.15) is 31.9 Å².